The van der Waals surface area contributed by atoms with Gasteiger partial charge in [0.25, 0.3) is 0 Å². The van der Waals surface area contributed by atoms with Gasteiger partial charge in [-0.2, -0.15) is 4.98 Å². The van der Waals surface area contributed by atoms with Crippen LogP contribution in [-0.4, -0.2) is 68.1 Å². The van der Waals surface area contributed by atoms with Crippen molar-refractivity contribution in [3.8, 4) is 10.6 Å². The maximum absolute atomic E-state index is 13.7. The fourth-order valence-electron chi connectivity index (χ4n) is 5.59. The molecule has 230 valence electrons. The van der Waals surface area contributed by atoms with Gasteiger partial charge < -0.3 is 20.8 Å². The van der Waals surface area contributed by atoms with Crippen LogP contribution in [0.4, 0.5) is 11.8 Å². The Morgan fingerprint density at radius 1 is 0.953 bits per heavy atom. The Bertz CT molecular complexity index is 1730. The van der Waals surface area contributed by atoms with Crippen molar-refractivity contribution >= 4 is 43.2 Å². The van der Waals surface area contributed by atoms with Gasteiger partial charge in [-0.05, 0) is 57.7 Å². The molecule has 0 bridgehead atoms. The molecule has 1 aliphatic rings. The summed E-state index contributed by atoms with van der Waals surface area (Å²) in [6.07, 6.45) is -0.543. The van der Waals surface area contributed by atoms with Crippen LogP contribution < -0.4 is 10.6 Å². The van der Waals surface area contributed by atoms with Gasteiger partial charge in [-0.25, -0.2) is 18.4 Å². The van der Waals surface area contributed by atoms with Gasteiger partial charge in [-0.15, -0.1) is 11.3 Å². The van der Waals surface area contributed by atoms with Crippen molar-refractivity contribution in [3.05, 3.63) is 54.0 Å². The predicted molar refractivity (Wildman–Crippen MR) is 171 cm³/mol. The topological polar surface area (TPSA) is 150 Å². The first-order valence-electron chi connectivity index (χ1n) is 14.4. The number of nitrogens with zero attached hydrogens (tertiary/aromatic N) is 4. The minimum Gasteiger partial charge on any atom is -0.390 e. The minimum atomic E-state index is -3.83. The molecule has 12 heteroatoms. The van der Waals surface area contributed by atoms with E-state index in [1.54, 1.807) is 50.4 Å². The van der Waals surface area contributed by atoms with E-state index >= 15 is 0 Å². The standard InChI is InChI=1S/C31H40N6O4S2/c1-17-23(28-36-24-18(2)32-14-13-22(24)42-28)27(37-29(34-17)33-16-30(3,4)5)35-21-15-20(25(38)26(21)39)31(6,7)43(40,41)19-11-9-8-10-12-19/h8-14,20-21,25-26,38-39H,15-16H2,1-7H3,(H2,33,34,35,37)/t20-,21+,25+,26-/m0/s1. The van der Waals surface area contributed by atoms with Crippen LogP contribution in [0.3, 0.4) is 0 Å². The van der Waals surface area contributed by atoms with Crippen LogP contribution in [0, 0.1) is 25.2 Å². The summed E-state index contributed by atoms with van der Waals surface area (Å²) in [7, 11) is -3.83. The second-order valence-electron chi connectivity index (χ2n) is 13.0. The van der Waals surface area contributed by atoms with E-state index in [1.807, 2.05) is 19.9 Å². The van der Waals surface area contributed by atoms with Crippen molar-refractivity contribution in [2.75, 3.05) is 17.2 Å². The van der Waals surface area contributed by atoms with Crippen molar-refractivity contribution in [1.82, 2.24) is 19.9 Å². The van der Waals surface area contributed by atoms with Crippen molar-refractivity contribution in [1.29, 1.82) is 0 Å². The third-order valence-corrected chi connectivity index (χ3v) is 11.8. The van der Waals surface area contributed by atoms with E-state index in [4.69, 9.17) is 15.0 Å². The molecule has 0 unspecified atom stereocenters. The summed E-state index contributed by atoms with van der Waals surface area (Å²) in [5, 5.41) is 29.9. The second-order valence-corrected chi connectivity index (χ2v) is 16.6. The van der Waals surface area contributed by atoms with Crippen LogP contribution in [0.15, 0.2) is 47.5 Å². The molecule has 4 N–H and O–H groups in total. The second kappa shape index (κ2) is 11.4. The van der Waals surface area contributed by atoms with Gasteiger partial charge in [0, 0.05) is 18.7 Å². The summed E-state index contributed by atoms with van der Waals surface area (Å²) >= 11 is 1.50. The summed E-state index contributed by atoms with van der Waals surface area (Å²) < 4.78 is 27.0. The number of fused-ring (bicyclic) bond motifs is 1. The summed E-state index contributed by atoms with van der Waals surface area (Å²) in [6.45, 7) is 14.0. The number of nitrogens with one attached hydrogen (secondary N) is 2. The highest BCUT2D eigenvalue weighted by atomic mass is 32.2. The van der Waals surface area contributed by atoms with E-state index < -0.39 is 38.8 Å². The number of aliphatic hydroxyl groups is 2. The number of hydrogen-bond acceptors (Lipinski definition) is 11. The lowest BCUT2D eigenvalue weighted by molar-refractivity contribution is 0.0105. The van der Waals surface area contributed by atoms with E-state index in [-0.39, 0.29) is 16.7 Å². The number of sulfone groups is 1. The smallest absolute Gasteiger partial charge is 0.224 e. The van der Waals surface area contributed by atoms with Gasteiger partial charge in [0.05, 0.1) is 43.4 Å². The van der Waals surface area contributed by atoms with E-state index in [1.165, 1.54) is 11.3 Å². The quantitative estimate of drug-likeness (QED) is 0.211. The molecule has 0 aliphatic heterocycles. The highest BCUT2D eigenvalue weighted by molar-refractivity contribution is 7.92. The third kappa shape index (κ3) is 5.98. The molecule has 1 aliphatic carbocycles. The van der Waals surface area contributed by atoms with Gasteiger partial charge in [0.2, 0.25) is 5.95 Å². The van der Waals surface area contributed by atoms with Crippen molar-refractivity contribution in [3.63, 3.8) is 0 Å². The number of aliphatic hydroxyl groups excluding tert-OH is 2. The van der Waals surface area contributed by atoms with Gasteiger partial charge in [0.1, 0.15) is 22.4 Å². The van der Waals surface area contributed by atoms with Crippen molar-refractivity contribution in [2.24, 2.45) is 11.3 Å². The zero-order chi connectivity index (χ0) is 31.3. The average Bonchev–Trinajstić information content (AvgIpc) is 3.49. The van der Waals surface area contributed by atoms with Crippen LogP contribution >= 0.6 is 11.3 Å². The van der Waals surface area contributed by atoms with Gasteiger partial charge in [-0.3, -0.25) is 4.98 Å². The zero-order valence-electron chi connectivity index (χ0n) is 25.6. The molecule has 0 amide bonds. The lowest BCUT2D eigenvalue weighted by Crippen LogP contribution is -2.45. The fraction of sp³-hybridized carbons (Fsp3) is 0.484. The normalized spacial score (nSPS) is 21.3. The van der Waals surface area contributed by atoms with Gasteiger partial charge >= 0.3 is 0 Å². The zero-order valence-corrected chi connectivity index (χ0v) is 27.2. The number of anilines is 2. The lowest BCUT2D eigenvalue weighted by atomic mass is 9.91. The number of benzene rings is 1. The minimum absolute atomic E-state index is 0.0180. The number of thiazole rings is 1. The molecule has 1 saturated carbocycles. The Morgan fingerprint density at radius 3 is 2.30 bits per heavy atom. The molecular weight excluding hydrogens is 585 g/mol. The molecule has 0 radical (unpaired) electrons. The largest absolute Gasteiger partial charge is 0.390 e. The summed E-state index contributed by atoms with van der Waals surface area (Å²) in [5.41, 5.74) is 2.97. The van der Waals surface area contributed by atoms with E-state index in [9.17, 15) is 18.6 Å². The Morgan fingerprint density at radius 2 is 1.65 bits per heavy atom. The number of rotatable bonds is 8. The molecule has 5 rings (SSSR count). The molecule has 1 aromatic carbocycles. The van der Waals surface area contributed by atoms with Crippen LogP contribution in [-0.2, 0) is 9.84 Å². The number of pyridine rings is 1. The number of aromatic nitrogens is 4. The van der Waals surface area contributed by atoms with E-state index in [0.717, 1.165) is 15.9 Å². The average molecular weight is 625 g/mol. The van der Waals surface area contributed by atoms with Crippen molar-refractivity contribution in [2.45, 2.75) is 82.8 Å². The third-order valence-electron chi connectivity index (χ3n) is 8.21. The molecule has 10 nitrogen and oxygen atoms in total. The summed E-state index contributed by atoms with van der Waals surface area (Å²) in [4.78, 5) is 19.0. The molecule has 43 heavy (non-hydrogen) atoms. The van der Waals surface area contributed by atoms with E-state index in [2.05, 4.69) is 36.4 Å². The van der Waals surface area contributed by atoms with Crippen LogP contribution in [0.1, 0.15) is 52.4 Å². The van der Waals surface area contributed by atoms with E-state index in [0.29, 0.717) is 34.6 Å². The fourth-order valence-corrected chi connectivity index (χ4v) is 8.46. The molecular formula is C31H40N6O4S2. The highest BCUT2D eigenvalue weighted by Crippen LogP contribution is 2.44. The van der Waals surface area contributed by atoms with Crippen LogP contribution in [0.25, 0.3) is 20.8 Å². The first kappa shape index (κ1) is 31.2. The maximum Gasteiger partial charge on any atom is 0.224 e. The molecule has 4 atom stereocenters. The molecule has 3 aromatic heterocycles. The molecule has 1 fully saturated rings. The van der Waals surface area contributed by atoms with Gasteiger partial charge in [0.15, 0.2) is 9.84 Å². The summed E-state index contributed by atoms with van der Waals surface area (Å²) in [6, 6.07) is 9.47. The first-order valence-corrected chi connectivity index (χ1v) is 16.7. The SMILES string of the molecule is Cc1nc(NCC(C)(C)C)nc(N[C@@H]2C[C@H](C(C)(C)S(=O)(=O)c3ccccc3)[C@@H](O)[C@H]2O)c1-c1nc2c(C)nccc2s1. The Kier molecular flexibility index (Phi) is 8.27. The van der Waals surface area contributed by atoms with Gasteiger partial charge in [-0.1, -0.05) is 39.0 Å². The molecule has 0 spiro atoms. The first-order chi connectivity index (χ1) is 20.1. The van der Waals surface area contributed by atoms with Crippen molar-refractivity contribution < 1.29 is 18.6 Å². The summed E-state index contributed by atoms with van der Waals surface area (Å²) in [5.74, 6) is 0.134. The Labute approximate surface area is 257 Å². The highest BCUT2D eigenvalue weighted by Gasteiger charge is 2.54. The Hall–Kier alpha value is -3.19. The number of hydrogen-bond donors (Lipinski definition) is 4. The number of aryl methyl sites for hydroxylation is 2. The lowest BCUT2D eigenvalue weighted by Gasteiger charge is -2.33. The molecule has 3 heterocycles. The predicted octanol–water partition coefficient (Wildman–Crippen LogP) is 5.00. The maximum atomic E-state index is 13.7. The van der Waals surface area contributed by atoms with Crippen LogP contribution in [0.5, 0.6) is 0 Å². The Balaban J connectivity index is 1.53. The molecule has 0 saturated heterocycles. The van der Waals surface area contributed by atoms with Crippen LogP contribution in [0.2, 0.25) is 0 Å². The monoisotopic (exact) mass is 624 g/mol. The molecule has 4 aromatic rings.